The van der Waals surface area contributed by atoms with E-state index >= 15 is 0 Å². The predicted molar refractivity (Wildman–Crippen MR) is 100 cm³/mol. The Morgan fingerprint density at radius 2 is 1.75 bits per heavy atom. The Morgan fingerprint density at radius 1 is 1.00 bits per heavy atom. The van der Waals surface area contributed by atoms with E-state index in [1.54, 1.807) is 35.2 Å². The number of piperidine rings is 1. The SMILES string of the molecule is O=C(c1ccc(O)cc1)C1CCN(C(=O)c2cccc(-n3cnnn3)c2)CC1. The zero-order chi connectivity index (χ0) is 19.5. The number of ketones is 1. The summed E-state index contributed by atoms with van der Waals surface area (Å²) in [5.41, 5.74) is 1.88. The van der Waals surface area contributed by atoms with Crippen LogP contribution in [0, 0.1) is 5.92 Å². The molecule has 0 bridgehead atoms. The highest BCUT2D eigenvalue weighted by Gasteiger charge is 2.28. The van der Waals surface area contributed by atoms with Crippen LogP contribution in [0.5, 0.6) is 5.75 Å². The maximum atomic E-state index is 12.9. The molecule has 1 fully saturated rings. The second kappa shape index (κ2) is 7.59. The first-order valence-corrected chi connectivity index (χ1v) is 9.08. The summed E-state index contributed by atoms with van der Waals surface area (Å²) < 4.78 is 1.50. The van der Waals surface area contributed by atoms with Gasteiger partial charge in [0.1, 0.15) is 12.1 Å². The molecule has 0 atom stereocenters. The Balaban J connectivity index is 1.41. The van der Waals surface area contributed by atoms with Crippen LogP contribution in [-0.4, -0.2) is 55.0 Å². The van der Waals surface area contributed by atoms with Crippen molar-refractivity contribution in [2.24, 2.45) is 5.92 Å². The minimum atomic E-state index is -0.110. The Labute approximate surface area is 161 Å². The Hall–Kier alpha value is -3.55. The number of hydrogen-bond donors (Lipinski definition) is 1. The molecule has 1 N–H and O–H groups in total. The second-order valence-electron chi connectivity index (χ2n) is 6.78. The van der Waals surface area contributed by atoms with Gasteiger partial charge < -0.3 is 10.0 Å². The highest BCUT2D eigenvalue weighted by molar-refractivity contribution is 5.98. The molecule has 1 aliphatic heterocycles. The quantitative estimate of drug-likeness (QED) is 0.699. The highest BCUT2D eigenvalue weighted by Crippen LogP contribution is 2.24. The molecule has 1 aromatic heterocycles. The van der Waals surface area contributed by atoms with Gasteiger partial charge in [-0.25, -0.2) is 4.68 Å². The molecule has 0 spiro atoms. The van der Waals surface area contributed by atoms with Crippen molar-refractivity contribution in [3.63, 3.8) is 0 Å². The lowest BCUT2D eigenvalue weighted by molar-refractivity contribution is 0.0650. The van der Waals surface area contributed by atoms with Gasteiger partial charge in [0.2, 0.25) is 0 Å². The van der Waals surface area contributed by atoms with Crippen molar-refractivity contribution in [3.05, 3.63) is 66.0 Å². The summed E-state index contributed by atoms with van der Waals surface area (Å²) in [4.78, 5) is 27.3. The van der Waals surface area contributed by atoms with Crippen molar-refractivity contribution in [2.45, 2.75) is 12.8 Å². The van der Waals surface area contributed by atoms with Crippen molar-refractivity contribution in [2.75, 3.05) is 13.1 Å². The molecule has 4 rings (SSSR count). The first-order valence-electron chi connectivity index (χ1n) is 9.08. The van der Waals surface area contributed by atoms with Crippen LogP contribution >= 0.6 is 0 Å². The summed E-state index contributed by atoms with van der Waals surface area (Å²) in [6, 6.07) is 13.5. The molecule has 2 heterocycles. The van der Waals surface area contributed by atoms with E-state index in [0.29, 0.717) is 42.7 Å². The van der Waals surface area contributed by atoms with E-state index in [-0.39, 0.29) is 23.4 Å². The number of rotatable bonds is 4. The van der Waals surface area contributed by atoms with E-state index in [0.717, 1.165) is 0 Å². The molecule has 28 heavy (non-hydrogen) atoms. The molecule has 0 radical (unpaired) electrons. The van der Waals surface area contributed by atoms with Crippen molar-refractivity contribution < 1.29 is 14.7 Å². The van der Waals surface area contributed by atoms with Gasteiger partial charge >= 0.3 is 0 Å². The van der Waals surface area contributed by atoms with Gasteiger partial charge in [0.05, 0.1) is 5.69 Å². The number of carbonyl (C=O) groups is 2. The molecule has 8 nitrogen and oxygen atoms in total. The molecule has 3 aromatic rings. The van der Waals surface area contributed by atoms with Gasteiger partial charge in [-0.15, -0.1) is 5.10 Å². The normalized spacial score (nSPS) is 14.8. The molecule has 1 aliphatic rings. The highest BCUT2D eigenvalue weighted by atomic mass is 16.3. The molecule has 2 aromatic carbocycles. The molecular formula is C20H19N5O3. The molecule has 0 aliphatic carbocycles. The zero-order valence-corrected chi connectivity index (χ0v) is 15.1. The number of phenols is 1. The summed E-state index contributed by atoms with van der Waals surface area (Å²) >= 11 is 0. The average molecular weight is 377 g/mol. The van der Waals surface area contributed by atoms with Crippen LogP contribution in [0.15, 0.2) is 54.9 Å². The van der Waals surface area contributed by atoms with Crippen LogP contribution in [0.2, 0.25) is 0 Å². The molecule has 0 saturated carbocycles. The van der Waals surface area contributed by atoms with E-state index in [1.807, 2.05) is 6.07 Å². The van der Waals surface area contributed by atoms with Gasteiger partial charge in [0.25, 0.3) is 5.91 Å². The van der Waals surface area contributed by atoms with Gasteiger partial charge in [-0.1, -0.05) is 6.07 Å². The number of nitrogens with zero attached hydrogens (tertiary/aromatic N) is 5. The number of benzene rings is 2. The number of aromatic nitrogens is 4. The van der Waals surface area contributed by atoms with Gasteiger partial charge in [0, 0.05) is 30.1 Å². The number of Topliss-reactive ketones (excluding diaryl/α,β-unsaturated/α-hetero) is 1. The van der Waals surface area contributed by atoms with Crippen LogP contribution in [0.4, 0.5) is 0 Å². The number of tetrazole rings is 1. The Kier molecular flexibility index (Phi) is 4.84. The fourth-order valence-electron chi connectivity index (χ4n) is 3.45. The summed E-state index contributed by atoms with van der Waals surface area (Å²) in [5, 5.41) is 20.4. The summed E-state index contributed by atoms with van der Waals surface area (Å²) in [7, 11) is 0. The minimum Gasteiger partial charge on any atom is -0.508 e. The summed E-state index contributed by atoms with van der Waals surface area (Å²) in [6.45, 7) is 1.06. The largest absolute Gasteiger partial charge is 0.508 e. The molecular weight excluding hydrogens is 358 g/mol. The standard InChI is InChI=1S/C20H19N5O3/c26-18-6-4-14(5-7-18)19(27)15-8-10-24(11-9-15)20(28)16-2-1-3-17(12-16)25-13-21-22-23-25/h1-7,12-13,15,26H,8-11H2. The number of aromatic hydroxyl groups is 1. The second-order valence-corrected chi connectivity index (χ2v) is 6.78. The Morgan fingerprint density at radius 3 is 2.43 bits per heavy atom. The number of phenolic OH excluding ortho intramolecular Hbond substituents is 1. The third-order valence-corrected chi connectivity index (χ3v) is 5.01. The molecule has 8 heteroatoms. The first-order chi connectivity index (χ1) is 13.6. The van der Waals surface area contributed by atoms with Gasteiger partial charge in [-0.05, 0) is 65.7 Å². The topological polar surface area (TPSA) is 101 Å². The lowest BCUT2D eigenvalue weighted by atomic mass is 9.88. The molecule has 1 saturated heterocycles. The molecule has 142 valence electrons. The average Bonchev–Trinajstić information content (AvgIpc) is 3.28. The van der Waals surface area contributed by atoms with Crippen molar-refractivity contribution in [1.82, 2.24) is 25.1 Å². The smallest absolute Gasteiger partial charge is 0.253 e. The van der Waals surface area contributed by atoms with E-state index in [4.69, 9.17) is 0 Å². The maximum Gasteiger partial charge on any atom is 0.253 e. The van der Waals surface area contributed by atoms with Crippen molar-refractivity contribution in [1.29, 1.82) is 0 Å². The zero-order valence-electron chi connectivity index (χ0n) is 15.1. The lowest BCUT2D eigenvalue weighted by Gasteiger charge is -2.31. The van der Waals surface area contributed by atoms with Crippen LogP contribution < -0.4 is 0 Å². The number of hydrogen-bond acceptors (Lipinski definition) is 6. The van der Waals surface area contributed by atoms with Gasteiger partial charge in [-0.2, -0.15) is 0 Å². The van der Waals surface area contributed by atoms with Crippen LogP contribution in [0.1, 0.15) is 33.6 Å². The molecule has 0 unspecified atom stereocenters. The number of carbonyl (C=O) groups excluding carboxylic acids is 2. The fraction of sp³-hybridized carbons (Fsp3) is 0.250. The maximum absolute atomic E-state index is 12.9. The third-order valence-electron chi connectivity index (χ3n) is 5.01. The van der Waals surface area contributed by atoms with E-state index in [1.165, 1.54) is 23.1 Å². The first kappa shape index (κ1) is 17.8. The fourth-order valence-corrected chi connectivity index (χ4v) is 3.45. The van der Waals surface area contributed by atoms with Crippen molar-refractivity contribution >= 4 is 11.7 Å². The van der Waals surface area contributed by atoms with E-state index in [9.17, 15) is 14.7 Å². The number of likely N-dealkylation sites (tertiary alicyclic amines) is 1. The monoisotopic (exact) mass is 377 g/mol. The predicted octanol–water partition coefficient (Wildman–Crippen LogP) is 2.10. The minimum absolute atomic E-state index is 0.0628. The molecule has 1 amide bonds. The number of amides is 1. The van der Waals surface area contributed by atoms with E-state index < -0.39 is 0 Å². The van der Waals surface area contributed by atoms with Gasteiger partial charge in [-0.3, -0.25) is 9.59 Å². The Bertz CT molecular complexity index is 977. The summed E-state index contributed by atoms with van der Waals surface area (Å²) in [5.74, 6) is 0.0280. The third kappa shape index (κ3) is 3.62. The summed E-state index contributed by atoms with van der Waals surface area (Å²) in [6.07, 6.45) is 2.72. The van der Waals surface area contributed by atoms with Gasteiger partial charge in [0.15, 0.2) is 5.78 Å². The van der Waals surface area contributed by atoms with Crippen LogP contribution in [0.3, 0.4) is 0 Å². The van der Waals surface area contributed by atoms with E-state index in [2.05, 4.69) is 15.5 Å². The lowest BCUT2D eigenvalue weighted by Crippen LogP contribution is -2.40. The van der Waals surface area contributed by atoms with Crippen molar-refractivity contribution in [3.8, 4) is 11.4 Å². The van der Waals surface area contributed by atoms with Crippen LogP contribution in [-0.2, 0) is 0 Å². The van der Waals surface area contributed by atoms with Crippen LogP contribution in [0.25, 0.3) is 5.69 Å².